The largest absolute Gasteiger partial charge is 0.423 e. The van der Waals surface area contributed by atoms with Gasteiger partial charge in [-0.25, -0.2) is 17.6 Å². The minimum absolute atomic E-state index is 0.139. The fourth-order valence-corrected chi connectivity index (χ4v) is 2.39. The number of aliphatic hydroxyl groups is 1. The van der Waals surface area contributed by atoms with E-state index in [0.717, 1.165) is 6.92 Å². The molecule has 108 valence electrons. The molecule has 1 rings (SSSR count). The van der Waals surface area contributed by atoms with Crippen LogP contribution in [0.4, 0.5) is 30.7 Å². The fourth-order valence-electron chi connectivity index (χ4n) is 2.39. The van der Waals surface area contributed by atoms with E-state index in [1.165, 1.54) is 0 Å². The van der Waals surface area contributed by atoms with Crippen LogP contribution in [0.1, 0.15) is 26.7 Å². The SMILES string of the molecule is CC1CC(C(C)(F)F)C(F)(F)C(O)(C(F)(F)F)C1. The van der Waals surface area contributed by atoms with Crippen molar-refractivity contribution in [1.82, 2.24) is 0 Å². The molecule has 1 nitrogen and oxygen atoms in total. The first-order valence-electron chi connectivity index (χ1n) is 5.28. The van der Waals surface area contributed by atoms with E-state index in [2.05, 4.69) is 0 Å². The summed E-state index contributed by atoms with van der Waals surface area (Å²) >= 11 is 0. The summed E-state index contributed by atoms with van der Waals surface area (Å²) in [6, 6.07) is 0. The molecule has 0 radical (unpaired) electrons. The van der Waals surface area contributed by atoms with Crippen molar-refractivity contribution in [3.63, 3.8) is 0 Å². The van der Waals surface area contributed by atoms with Gasteiger partial charge < -0.3 is 5.11 Å². The van der Waals surface area contributed by atoms with E-state index in [0.29, 0.717) is 0 Å². The van der Waals surface area contributed by atoms with Crippen LogP contribution in [0.15, 0.2) is 0 Å². The van der Waals surface area contributed by atoms with Crippen LogP contribution in [0.5, 0.6) is 0 Å². The lowest BCUT2D eigenvalue weighted by atomic mass is 9.67. The maximum atomic E-state index is 13.6. The molecule has 0 aromatic rings. The Hall–Kier alpha value is -0.530. The molecule has 3 atom stereocenters. The first-order valence-corrected chi connectivity index (χ1v) is 5.28. The Labute approximate surface area is 99.0 Å². The van der Waals surface area contributed by atoms with Crippen LogP contribution in [0.3, 0.4) is 0 Å². The first kappa shape index (κ1) is 15.5. The average Bonchev–Trinajstić information content (AvgIpc) is 2.07. The zero-order valence-electron chi connectivity index (χ0n) is 9.66. The van der Waals surface area contributed by atoms with Crippen LogP contribution in [0.2, 0.25) is 0 Å². The summed E-state index contributed by atoms with van der Waals surface area (Å²) in [5.74, 6) is -12.8. The molecule has 0 bridgehead atoms. The third-order valence-corrected chi connectivity index (χ3v) is 3.35. The van der Waals surface area contributed by atoms with Gasteiger partial charge in [0, 0.05) is 0 Å². The second-order valence-corrected chi connectivity index (χ2v) is 5.03. The van der Waals surface area contributed by atoms with E-state index in [4.69, 9.17) is 0 Å². The molecule has 18 heavy (non-hydrogen) atoms. The van der Waals surface area contributed by atoms with E-state index in [1.807, 2.05) is 0 Å². The number of rotatable bonds is 1. The van der Waals surface area contributed by atoms with Gasteiger partial charge >= 0.3 is 6.18 Å². The second kappa shape index (κ2) is 3.98. The van der Waals surface area contributed by atoms with E-state index in [9.17, 15) is 35.8 Å². The van der Waals surface area contributed by atoms with Crippen LogP contribution in [-0.2, 0) is 0 Å². The molecule has 3 unspecified atom stereocenters. The van der Waals surface area contributed by atoms with Crippen LogP contribution >= 0.6 is 0 Å². The Morgan fingerprint density at radius 1 is 1.11 bits per heavy atom. The smallest absolute Gasteiger partial charge is 0.376 e. The van der Waals surface area contributed by atoms with E-state index >= 15 is 0 Å². The van der Waals surface area contributed by atoms with Crippen LogP contribution in [0, 0.1) is 11.8 Å². The quantitative estimate of drug-likeness (QED) is 0.728. The van der Waals surface area contributed by atoms with E-state index in [1.54, 1.807) is 0 Å². The predicted molar refractivity (Wildman–Crippen MR) is 48.5 cm³/mol. The highest BCUT2D eigenvalue weighted by molar-refractivity contribution is 5.09. The highest BCUT2D eigenvalue weighted by atomic mass is 19.4. The maximum Gasteiger partial charge on any atom is 0.423 e. The molecule has 1 N–H and O–H groups in total. The lowest BCUT2D eigenvalue weighted by Gasteiger charge is -2.48. The van der Waals surface area contributed by atoms with Crippen LogP contribution in [0.25, 0.3) is 0 Å². The van der Waals surface area contributed by atoms with Crippen molar-refractivity contribution < 1.29 is 35.8 Å². The molecule has 0 aromatic carbocycles. The molecule has 0 aliphatic heterocycles. The van der Waals surface area contributed by atoms with Gasteiger partial charge in [-0.3, -0.25) is 0 Å². The molecule has 0 heterocycles. The maximum absolute atomic E-state index is 13.6. The van der Waals surface area contributed by atoms with Gasteiger partial charge in [-0.15, -0.1) is 0 Å². The molecular formula is C10H13F7O. The van der Waals surface area contributed by atoms with E-state index < -0.39 is 48.3 Å². The molecule has 0 aromatic heterocycles. The van der Waals surface area contributed by atoms with E-state index in [-0.39, 0.29) is 6.92 Å². The van der Waals surface area contributed by atoms with Gasteiger partial charge in [-0.05, 0) is 25.7 Å². The Balaban J connectivity index is 3.29. The van der Waals surface area contributed by atoms with Crippen LogP contribution < -0.4 is 0 Å². The van der Waals surface area contributed by atoms with Gasteiger partial charge in [0.25, 0.3) is 11.8 Å². The number of hydrogen-bond donors (Lipinski definition) is 1. The van der Waals surface area contributed by atoms with Crippen molar-refractivity contribution in [3.8, 4) is 0 Å². The van der Waals surface area contributed by atoms with Crippen molar-refractivity contribution >= 4 is 0 Å². The normalized spacial score (nSPS) is 37.7. The fraction of sp³-hybridized carbons (Fsp3) is 1.00. The third kappa shape index (κ3) is 2.19. The topological polar surface area (TPSA) is 20.2 Å². The summed E-state index contributed by atoms with van der Waals surface area (Å²) in [4.78, 5) is 0. The monoisotopic (exact) mass is 282 g/mol. The van der Waals surface area contributed by atoms with Gasteiger partial charge in [0.1, 0.15) is 0 Å². The lowest BCUT2D eigenvalue weighted by Crippen LogP contribution is -2.67. The third-order valence-electron chi connectivity index (χ3n) is 3.35. The molecule has 0 amide bonds. The molecule has 8 heteroatoms. The van der Waals surface area contributed by atoms with Crippen molar-refractivity contribution in [2.45, 2.75) is 50.3 Å². The van der Waals surface area contributed by atoms with Crippen molar-refractivity contribution in [1.29, 1.82) is 0 Å². The molecule has 0 spiro atoms. The Morgan fingerprint density at radius 3 is 1.89 bits per heavy atom. The van der Waals surface area contributed by atoms with Crippen molar-refractivity contribution in [2.24, 2.45) is 11.8 Å². The van der Waals surface area contributed by atoms with Gasteiger partial charge in [0.15, 0.2) is 0 Å². The zero-order chi connectivity index (χ0) is 14.6. The average molecular weight is 282 g/mol. The first-order chi connectivity index (χ1) is 7.73. The van der Waals surface area contributed by atoms with Gasteiger partial charge in [0.05, 0.1) is 5.92 Å². The number of alkyl halides is 7. The molecule has 0 saturated heterocycles. The Bertz CT molecular complexity index is 319. The lowest BCUT2D eigenvalue weighted by molar-refractivity contribution is -0.373. The predicted octanol–water partition coefficient (Wildman–Crippen LogP) is 3.62. The Kier molecular flexibility index (Phi) is 3.43. The molecular weight excluding hydrogens is 269 g/mol. The minimum Gasteiger partial charge on any atom is -0.376 e. The summed E-state index contributed by atoms with van der Waals surface area (Å²) in [6.07, 6.45) is -7.71. The minimum atomic E-state index is -5.66. The summed E-state index contributed by atoms with van der Waals surface area (Å²) < 4.78 is 91.1. The number of hydrogen-bond acceptors (Lipinski definition) is 1. The van der Waals surface area contributed by atoms with Gasteiger partial charge in [-0.1, -0.05) is 6.92 Å². The van der Waals surface area contributed by atoms with Crippen molar-refractivity contribution in [2.75, 3.05) is 0 Å². The molecule has 1 aliphatic rings. The second-order valence-electron chi connectivity index (χ2n) is 5.03. The van der Waals surface area contributed by atoms with Gasteiger partial charge in [0.2, 0.25) is 5.60 Å². The Morgan fingerprint density at radius 2 is 1.56 bits per heavy atom. The summed E-state index contributed by atoms with van der Waals surface area (Å²) in [5.41, 5.74) is -4.40. The molecule has 1 aliphatic carbocycles. The highest BCUT2D eigenvalue weighted by Crippen LogP contribution is 2.57. The molecule has 1 saturated carbocycles. The molecule has 1 fully saturated rings. The zero-order valence-corrected chi connectivity index (χ0v) is 9.66. The summed E-state index contributed by atoms with van der Waals surface area (Å²) in [6.45, 7) is 1.27. The van der Waals surface area contributed by atoms with Crippen LogP contribution in [-0.4, -0.2) is 28.7 Å². The standard InChI is InChI=1S/C10H13F7O/c1-5-3-6(7(2,11)12)9(13,14)8(18,4-5)10(15,16)17/h5-6,18H,3-4H2,1-2H3. The van der Waals surface area contributed by atoms with Crippen molar-refractivity contribution in [3.05, 3.63) is 0 Å². The highest BCUT2D eigenvalue weighted by Gasteiger charge is 2.76. The summed E-state index contributed by atoms with van der Waals surface area (Å²) in [7, 11) is 0. The number of halogens is 7. The van der Waals surface area contributed by atoms with Gasteiger partial charge in [-0.2, -0.15) is 13.2 Å². The summed E-state index contributed by atoms with van der Waals surface area (Å²) in [5, 5.41) is 9.23.